The van der Waals surface area contributed by atoms with Crippen LogP contribution in [0.25, 0.3) is 0 Å². The molecule has 0 bridgehead atoms. The molecule has 1 aromatic carbocycles. The number of benzene rings is 1. The molecule has 1 aromatic heterocycles. The first kappa shape index (κ1) is 16.8. The predicted octanol–water partition coefficient (Wildman–Crippen LogP) is 3.79. The maximum atomic E-state index is 12.4. The average Bonchev–Trinajstić information content (AvgIpc) is 3.11. The summed E-state index contributed by atoms with van der Waals surface area (Å²) in [5.74, 6) is 1.67. The van der Waals surface area contributed by atoms with Crippen molar-refractivity contribution < 1.29 is 9.21 Å². The van der Waals surface area contributed by atoms with Gasteiger partial charge in [0.15, 0.2) is 0 Å². The van der Waals surface area contributed by atoms with E-state index in [1.165, 1.54) is 12.8 Å². The van der Waals surface area contributed by atoms with E-state index >= 15 is 0 Å². The molecule has 0 radical (unpaired) electrons. The summed E-state index contributed by atoms with van der Waals surface area (Å²) in [5, 5.41) is 3.07. The molecule has 24 heavy (non-hydrogen) atoms. The quantitative estimate of drug-likeness (QED) is 0.909. The number of aryl methyl sites for hydroxylation is 1. The van der Waals surface area contributed by atoms with Crippen molar-refractivity contribution in [3.63, 3.8) is 0 Å². The fraction of sp³-hybridized carbons (Fsp3) is 0.450. The second-order valence-electron chi connectivity index (χ2n) is 6.83. The van der Waals surface area contributed by atoms with Crippen LogP contribution in [0.2, 0.25) is 0 Å². The molecule has 1 unspecified atom stereocenters. The Morgan fingerprint density at radius 3 is 2.58 bits per heavy atom. The van der Waals surface area contributed by atoms with Crippen LogP contribution in [-0.2, 0) is 0 Å². The zero-order valence-corrected chi connectivity index (χ0v) is 14.5. The largest absolute Gasteiger partial charge is 0.468 e. The average molecular weight is 326 g/mol. The van der Waals surface area contributed by atoms with Gasteiger partial charge in [0.05, 0.1) is 12.3 Å². The maximum absolute atomic E-state index is 12.4. The summed E-state index contributed by atoms with van der Waals surface area (Å²) >= 11 is 0. The molecule has 2 heterocycles. The van der Waals surface area contributed by atoms with Crippen molar-refractivity contribution in [2.75, 3.05) is 19.6 Å². The Balaban J connectivity index is 1.66. The number of nitrogens with zero attached hydrogens (tertiary/aromatic N) is 1. The summed E-state index contributed by atoms with van der Waals surface area (Å²) in [6.07, 6.45) is 4.10. The van der Waals surface area contributed by atoms with E-state index in [4.69, 9.17) is 4.42 Å². The highest BCUT2D eigenvalue weighted by Crippen LogP contribution is 2.26. The lowest BCUT2D eigenvalue weighted by molar-refractivity contribution is 0.0895. The fourth-order valence-electron chi connectivity index (χ4n) is 3.23. The minimum atomic E-state index is -0.0306. The molecule has 2 aromatic rings. The molecule has 1 aliphatic rings. The van der Waals surface area contributed by atoms with Crippen LogP contribution in [0.4, 0.5) is 0 Å². The molecule has 128 valence electrons. The molecule has 3 rings (SSSR count). The van der Waals surface area contributed by atoms with Gasteiger partial charge in [-0.05, 0) is 63.0 Å². The van der Waals surface area contributed by atoms with Crippen molar-refractivity contribution >= 4 is 5.91 Å². The van der Waals surface area contributed by atoms with Crippen LogP contribution in [0.3, 0.4) is 0 Å². The third kappa shape index (κ3) is 4.06. The van der Waals surface area contributed by atoms with Gasteiger partial charge in [-0.15, -0.1) is 0 Å². The first-order chi connectivity index (χ1) is 11.6. The molecule has 1 atom stereocenters. The number of amides is 1. The minimum Gasteiger partial charge on any atom is -0.468 e. The third-order valence-electron chi connectivity index (χ3n) is 4.90. The van der Waals surface area contributed by atoms with Gasteiger partial charge >= 0.3 is 0 Å². The van der Waals surface area contributed by atoms with Crippen LogP contribution in [-0.4, -0.2) is 30.4 Å². The Morgan fingerprint density at radius 1 is 1.25 bits per heavy atom. The molecule has 4 nitrogen and oxygen atoms in total. The molecule has 0 saturated carbocycles. The van der Waals surface area contributed by atoms with E-state index in [9.17, 15) is 4.79 Å². The van der Waals surface area contributed by atoms with Crippen LogP contribution in [0, 0.1) is 12.8 Å². The van der Waals surface area contributed by atoms with Crippen LogP contribution < -0.4 is 5.32 Å². The van der Waals surface area contributed by atoms with Crippen LogP contribution in [0.15, 0.2) is 47.1 Å². The van der Waals surface area contributed by atoms with Crippen molar-refractivity contribution in [2.45, 2.75) is 32.7 Å². The summed E-state index contributed by atoms with van der Waals surface area (Å²) in [5.41, 5.74) is 1.86. The van der Waals surface area contributed by atoms with E-state index in [1.54, 1.807) is 6.26 Å². The highest BCUT2D eigenvalue weighted by molar-refractivity contribution is 5.94. The van der Waals surface area contributed by atoms with Gasteiger partial charge in [0.25, 0.3) is 5.91 Å². The van der Waals surface area contributed by atoms with E-state index < -0.39 is 0 Å². The second kappa shape index (κ2) is 7.67. The summed E-state index contributed by atoms with van der Waals surface area (Å²) in [4.78, 5) is 14.8. The van der Waals surface area contributed by atoms with Gasteiger partial charge in [-0.3, -0.25) is 9.69 Å². The molecule has 4 heteroatoms. The van der Waals surface area contributed by atoms with Crippen LogP contribution in [0.5, 0.6) is 0 Å². The summed E-state index contributed by atoms with van der Waals surface area (Å²) in [6, 6.07) is 11.7. The lowest BCUT2D eigenvalue weighted by Gasteiger charge is -2.35. The van der Waals surface area contributed by atoms with Gasteiger partial charge in [-0.2, -0.15) is 0 Å². The van der Waals surface area contributed by atoms with Gasteiger partial charge in [0.2, 0.25) is 0 Å². The van der Waals surface area contributed by atoms with Gasteiger partial charge < -0.3 is 9.73 Å². The smallest absolute Gasteiger partial charge is 0.251 e. The summed E-state index contributed by atoms with van der Waals surface area (Å²) in [6.45, 7) is 6.98. The number of furan rings is 1. The Hall–Kier alpha value is -2.07. The van der Waals surface area contributed by atoms with E-state index in [2.05, 4.69) is 17.1 Å². The first-order valence-corrected chi connectivity index (χ1v) is 8.76. The zero-order valence-electron chi connectivity index (χ0n) is 14.5. The van der Waals surface area contributed by atoms with Gasteiger partial charge in [0.1, 0.15) is 5.76 Å². The number of carbonyl (C=O) groups is 1. The van der Waals surface area contributed by atoms with Crippen LogP contribution in [0.1, 0.15) is 47.5 Å². The van der Waals surface area contributed by atoms with E-state index in [-0.39, 0.29) is 11.9 Å². The molecule has 1 saturated heterocycles. The minimum absolute atomic E-state index is 0.0306. The summed E-state index contributed by atoms with van der Waals surface area (Å²) < 4.78 is 5.64. The highest BCUT2D eigenvalue weighted by Gasteiger charge is 2.26. The molecule has 0 aliphatic carbocycles. The van der Waals surface area contributed by atoms with Crippen molar-refractivity contribution in [1.82, 2.24) is 10.2 Å². The standard InChI is InChI=1S/C20H26N2O2/c1-15-5-7-17(8-6-15)20(23)21-14-18(19-4-3-13-24-19)22-11-9-16(2)10-12-22/h3-8,13,16,18H,9-12,14H2,1-2H3,(H,21,23). The lowest BCUT2D eigenvalue weighted by atomic mass is 9.97. The number of piperidine rings is 1. The third-order valence-corrected chi connectivity index (χ3v) is 4.90. The molecule has 1 amide bonds. The Bertz CT molecular complexity index is 641. The van der Waals surface area contributed by atoms with E-state index in [0.29, 0.717) is 12.1 Å². The SMILES string of the molecule is Cc1ccc(C(=O)NCC(c2ccco2)N2CCC(C)CC2)cc1. The molecular formula is C20H26N2O2. The lowest BCUT2D eigenvalue weighted by Crippen LogP contribution is -2.41. The zero-order chi connectivity index (χ0) is 16.9. The normalized spacial score (nSPS) is 17.6. The molecule has 1 fully saturated rings. The number of hydrogen-bond donors (Lipinski definition) is 1. The van der Waals surface area contributed by atoms with Crippen molar-refractivity contribution in [1.29, 1.82) is 0 Å². The number of likely N-dealkylation sites (tertiary alicyclic amines) is 1. The second-order valence-corrected chi connectivity index (χ2v) is 6.83. The first-order valence-electron chi connectivity index (χ1n) is 8.76. The Labute approximate surface area is 143 Å². The van der Waals surface area contributed by atoms with Gasteiger partial charge in [-0.25, -0.2) is 0 Å². The molecule has 1 aliphatic heterocycles. The van der Waals surface area contributed by atoms with E-state index in [1.807, 2.05) is 43.3 Å². The topological polar surface area (TPSA) is 45.5 Å². The van der Waals surface area contributed by atoms with Crippen molar-refractivity contribution in [2.24, 2.45) is 5.92 Å². The molecule has 1 N–H and O–H groups in total. The highest BCUT2D eigenvalue weighted by atomic mass is 16.3. The van der Waals surface area contributed by atoms with Gasteiger partial charge in [0, 0.05) is 12.1 Å². The van der Waals surface area contributed by atoms with Crippen LogP contribution >= 0.6 is 0 Å². The van der Waals surface area contributed by atoms with Crippen molar-refractivity contribution in [3.8, 4) is 0 Å². The molecule has 0 spiro atoms. The molecular weight excluding hydrogens is 300 g/mol. The van der Waals surface area contributed by atoms with E-state index in [0.717, 1.165) is 30.3 Å². The van der Waals surface area contributed by atoms with Gasteiger partial charge in [-0.1, -0.05) is 24.6 Å². The monoisotopic (exact) mass is 326 g/mol. The number of carbonyl (C=O) groups excluding carboxylic acids is 1. The number of nitrogens with one attached hydrogen (secondary N) is 1. The number of rotatable bonds is 5. The predicted molar refractivity (Wildman–Crippen MR) is 94.9 cm³/mol. The van der Waals surface area contributed by atoms with Crippen molar-refractivity contribution in [3.05, 3.63) is 59.5 Å². The Morgan fingerprint density at radius 2 is 1.96 bits per heavy atom. The number of hydrogen-bond acceptors (Lipinski definition) is 3. The fourth-order valence-corrected chi connectivity index (χ4v) is 3.23. The Kier molecular flexibility index (Phi) is 5.36. The summed E-state index contributed by atoms with van der Waals surface area (Å²) in [7, 11) is 0. The maximum Gasteiger partial charge on any atom is 0.251 e.